The summed E-state index contributed by atoms with van der Waals surface area (Å²) < 4.78 is 0. The number of pyridine rings is 1. The molecule has 2 aliphatic rings. The number of benzene rings is 1. The Morgan fingerprint density at radius 2 is 1.71 bits per heavy atom. The molecule has 0 spiro atoms. The van der Waals surface area contributed by atoms with E-state index in [0.29, 0.717) is 0 Å². The summed E-state index contributed by atoms with van der Waals surface area (Å²) in [6, 6.07) is 8.95. The summed E-state index contributed by atoms with van der Waals surface area (Å²) in [7, 11) is 0. The van der Waals surface area contributed by atoms with Gasteiger partial charge in [-0.05, 0) is 53.0 Å². The minimum Gasteiger partial charge on any atom is -0.264 e. The van der Waals surface area contributed by atoms with Crippen molar-refractivity contribution in [2.45, 2.75) is 51.4 Å². The summed E-state index contributed by atoms with van der Waals surface area (Å²) in [6.07, 6.45) is 14.9. The molecule has 0 aliphatic heterocycles. The maximum absolute atomic E-state index is 4.54. The van der Waals surface area contributed by atoms with Crippen molar-refractivity contribution in [3.8, 4) is 11.1 Å². The monoisotopic (exact) mass is 277 g/mol. The summed E-state index contributed by atoms with van der Waals surface area (Å²) >= 11 is 0. The standard InChI is InChI=1S/C20H23N/c1-2-6-15(7-3-1)12-18-14-21-13-17-11-10-16-8-4-5-9-19(16)20(17)18/h4-5,8-9,13-15H,1-3,6-7,10-12H2. The zero-order valence-electron chi connectivity index (χ0n) is 12.6. The third-order valence-corrected chi connectivity index (χ3v) is 5.29. The normalized spacial score (nSPS) is 18.1. The number of hydrogen-bond donors (Lipinski definition) is 0. The van der Waals surface area contributed by atoms with Crippen LogP contribution in [0.2, 0.25) is 0 Å². The molecule has 0 radical (unpaired) electrons. The number of aryl methyl sites for hydroxylation is 2. The number of rotatable bonds is 2. The van der Waals surface area contributed by atoms with Crippen LogP contribution in [0.3, 0.4) is 0 Å². The molecule has 2 aliphatic carbocycles. The van der Waals surface area contributed by atoms with Crippen LogP contribution in [0.5, 0.6) is 0 Å². The van der Waals surface area contributed by atoms with Crippen LogP contribution < -0.4 is 0 Å². The second-order valence-corrected chi connectivity index (χ2v) is 6.70. The summed E-state index contributed by atoms with van der Waals surface area (Å²) in [5, 5.41) is 0. The van der Waals surface area contributed by atoms with E-state index in [1.54, 1.807) is 0 Å². The van der Waals surface area contributed by atoms with Crippen molar-refractivity contribution in [3.63, 3.8) is 0 Å². The first-order valence-corrected chi connectivity index (χ1v) is 8.46. The molecule has 4 rings (SSSR count). The van der Waals surface area contributed by atoms with Gasteiger partial charge in [0.1, 0.15) is 0 Å². The highest BCUT2D eigenvalue weighted by atomic mass is 14.6. The quantitative estimate of drug-likeness (QED) is 0.755. The Bertz CT molecular complexity index is 638. The van der Waals surface area contributed by atoms with E-state index in [2.05, 4.69) is 41.6 Å². The molecule has 0 unspecified atom stereocenters. The van der Waals surface area contributed by atoms with Gasteiger partial charge in [0, 0.05) is 12.4 Å². The minimum atomic E-state index is 0.876. The van der Waals surface area contributed by atoms with Crippen LogP contribution in [0.4, 0.5) is 0 Å². The molecule has 0 N–H and O–H groups in total. The molecular weight excluding hydrogens is 254 g/mol. The van der Waals surface area contributed by atoms with Crippen LogP contribution in [0.1, 0.15) is 48.8 Å². The molecule has 1 fully saturated rings. The lowest BCUT2D eigenvalue weighted by Gasteiger charge is -2.26. The van der Waals surface area contributed by atoms with Crippen molar-refractivity contribution in [1.82, 2.24) is 4.98 Å². The highest BCUT2D eigenvalue weighted by molar-refractivity contribution is 5.75. The molecule has 1 heterocycles. The van der Waals surface area contributed by atoms with Gasteiger partial charge < -0.3 is 0 Å². The van der Waals surface area contributed by atoms with E-state index in [4.69, 9.17) is 0 Å². The zero-order chi connectivity index (χ0) is 14.1. The first-order chi connectivity index (χ1) is 10.4. The molecule has 108 valence electrons. The van der Waals surface area contributed by atoms with E-state index in [1.165, 1.54) is 66.3 Å². The lowest BCUT2D eigenvalue weighted by molar-refractivity contribution is 0.356. The van der Waals surface area contributed by atoms with Gasteiger partial charge in [0.25, 0.3) is 0 Å². The summed E-state index contributed by atoms with van der Waals surface area (Å²) in [5.74, 6) is 0.876. The maximum atomic E-state index is 4.54. The fourth-order valence-corrected chi connectivity index (χ4v) is 4.20. The van der Waals surface area contributed by atoms with Crippen LogP contribution in [0.15, 0.2) is 36.7 Å². The van der Waals surface area contributed by atoms with Gasteiger partial charge in [-0.15, -0.1) is 0 Å². The topological polar surface area (TPSA) is 12.9 Å². The van der Waals surface area contributed by atoms with Gasteiger partial charge in [-0.25, -0.2) is 0 Å². The van der Waals surface area contributed by atoms with Gasteiger partial charge >= 0.3 is 0 Å². The van der Waals surface area contributed by atoms with Gasteiger partial charge in [-0.2, -0.15) is 0 Å². The second kappa shape index (κ2) is 5.63. The van der Waals surface area contributed by atoms with Crippen molar-refractivity contribution in [3.05, 3.63) is 53.3 Å². The SMILES string of the molecule is c1ccc2c(c1)CCc1cncc(CC3CCCCC3)c1-2. The van der Waals surface area contributed by atoms with Gasteiger partial charge in [-0.1, -0.05) is 56.4 Å². The molecular formula is C20H23N. The first-order valence-electron chi connectivity index (χ1n) is 8.46. The van der Waals surface area contributed by atoms with Gasteiger partial charge in [-0.3, -0.25) is 4.98 Å². The average Bonchev–Trinajstić information content (AvgIpc) is 2.56. The van der Waals surface area contributed by atoms with Gasteiger partial charge in [0.05, 0.1) is 0 Å². The third-order valence-electron chi connectivity index (χ3n) is 5.29. The zero-order valence-corrected chi connectivity index (χ0v) is 12.6. The summed E-state index contributed by atoms with van der Waals surface area (Å²) in [6.45, 7) is 0. The Balaban J connectivity index is 1.73. The Morgan fingerprint density at radius 1 is 0.905 bits per heavy atom. The van der Waals surface area contributed by atoms with Crippen LogP contribution in [-0.4, -0.2) is 4.98 Å². The third kappa shape index (κ3) is 2.50. The molecule has 21 heavy (non-hydrogen) atoms. The van der Waals surface area contributed by atoms with Crippen molar-refractivity contribution in [1.29, 1.82) is 0 Å². The number of nitrogens with zero attached hydrogens (tertiary/aromatic N) is 1. The fourth-order valence-electron chi connectivity index (χ4n) is 4.20. The molecule has 1 nitrogen and oxygen atoms in total. The Labute approximate surface area is 127 Å². The van der Waals surface area contributed by atoms with Crippen molar-refractivity contribution in [2.24, 2.45) is 5.92 Å². The Morgan fingerprint density at radius 3 is 2.62 bits per heavy atom. The van der Waals surface area contributed by atoms with E-state index in [0.717, 1.165) is 18.8 Å². The summed E-state index contributed by atoms with van der Waals surface area (Å²) in [5.41, 5.74) is 7.44. The summed E-state index contributed by atoms with van der Waals surface area (Å²) in [4.78, 5) is 4.54. The molecule has 0 atom stereocenters. The van der Waals surface area contributed by atoms with Crippen LogP contribution >= 0.6 is 0 Å². The van der Waals surface area contributed by atoms with Gasteiger partial charge in [0.2, 0.25) is 0 Å². The number of fused-ring (bicyclic) bond motifs is 3. The van der Waals surface area contributed by atoms with E-state index in [-0.39, 0.29) is 0 Å². The van der Waals surface area contributed by atoms with E-state index < -0.39 is 0 Å². The van der Waals surface area contributed by atoms with Crippen LogP contribution in [0.25, 0.3) is 11.1 Å². The van der Waals surface area contributed by atoms with E-state index in [9.17, 15) is 0 Å². The highest BCUT2D eigenvalue weighted by Gasteiger charge is 2.21. The molecule has 0 amide bonds. The predicted molar refractivity (Wildman–Crippen MR) is 87.4 cm³/mol. The van der Waals surface area contributed by atoms with Crippen LogP contribution in [0, 0.1) is 5.92 Å². The first kappa shape index (κ1) is 13.1. The minimum absolute atomic E-state index is 0.876. The van der Waals surface area contributed by atoms with Crippen molar-refractivity contribution >= 4 is 0 Å². The largest absolute Gasteiger partial charge is 0.264 e. The lowest BCUT2D eigenvalue weighted by atomic mass is 9.79. The Hall–Kier alpha value is -1.63. The van der Waals surface area contributed by atoms with Gasteiger partial charge in [0.15, 0.2) is 0 Å². The second-order valence-electron chi connectivity index (χ2n) is 6.70. The highest BCUT2D eigenvalue weighted by Crippen LogP contribution is 2.37. The smallest absolute Gasteiger partial charge is 0.0306 e. The molecule has 1 heteroatoms. The molecule has 0 saturated heterocycles. The molecule has 0 bridgehead atoms. The van der Waals surface area contributed by atoms with E-state index in [1.807, 2.05) is 0 Å². The molecule has 1 aromatic carbocycles. The predicted octanol–water partition coefficient (Wildman–Crippen LogP) is 4.97. The fraction of sp³-hybridized carbons (Fsp3) is 0.450. The molecule has 2 aromatic rings. The van der Waals surface area contributed by atoms with E-state index >= 15 is 0 Å². The maximum Gasteiger partial charge on any atom is 0.0306 e. The average molecular weight is 277 g/mol. The van der Waals surface area contributed by atoms with Crippen LogP contribution in [-0.2, 0) is 19.3 Å². The van der Waals surface area contributed by atoms with Crippen molar-refractivity contribution < 1.29 is 0 Å². The lowest BCUT2D eigenvalue weighted by Crippen LogP contribution is -2.13. The number of hydrogen-bond acceptors (Lipinski definition) is 1. The molecule has 1 aromatic heterocycles. The number of aromatic nitrogens is 1. The Kier molecular flexibility index (Phi) is 3.50. The molecule has 1 saturated carbocycles. The van der Waals surface area contributed by atoms with Crippen molar-refractivity contribution in [2.75, 3.05) is 0 Å².